The van der Waals surface area contributed by atoms with Gasteiger partial charge in [-0.05, 0) is 117 Å². The van der Waals surface area contributed by atoms with Crippen molar-refractivity contribution in [3.8, 4) is 11.1 Å². The zero-order chi connectivity index (χ0) is 34.4. The molecule has 10 rings (SSSR count). The van der Waals surface area contributed by atoms with E-state index < -0.39 is 0 Å². The summed E-state index contributed by atoms with van der Waals surface area (Å²) in [6.07, 6.45) is 36.0. The SMILES string of the molecule is C1=CC2=CC=CC3=CC(N(c4ccccc4)c4ccc(-c5ccc(N(C6=CC7=CC=CC8=CC=CC(=C6)C87)c6ccccc6)cc5)cc4)=CC(=C1)C23. The summed E-state index contributed by atoms with van der Waals surface area (Å²) in [6, 6.07) is 39.3. The number of anilines is 4. The lowest BCUT2D eigenvalue weighted by molar-refractivity contribution is 0.866. The number of allylic oxidation sites excluding steroid dienone is 22. The number of hydrogen-bond acceptors (Lipinski definition) is 2. The Hall–Kier alpha value is -6.64. The van der Waals surface area contributed by atoms with E-state index >= 15 is 0 Å². The molecule has 6 aliphatic rings. The molecule has 52 heavy (non-hydrogen) atoms. The number of nitrogens with zero attached hydrogens (tertiary/aromatic N) is 2. The second-order valence-corrected chi connectivity index (χ2v) is 13.8. The van der Waals surface area contributed by atoms with Crippen molar-refractivity contribution in [3.05, 3.63) is 251 Å². The van der Waals surface area contributed by atoms with Crippen LogP contribution < -0.4 is 9.80 Å². The van der Waals surface area contributed by atoms with E-state index in [-0.39, 0.29) is 0 Å². The van der Waals surface area contributed by atoms with Crippen LogP contribution in [0.4, 0.5) is 22.7 Å². The average molecular weight is 665 g/mol. The summed E-state index contributed by atoms with van der Waals surface area (Å²) in [6.45, 7) is 0. The van der Waals surface area contributed by atoms with Gasteiger partial charge in [0.15, 0.2) is 0 Å². The lowest BCUT2D eigenvalue weighted by Gasteiger charge is -2.34. The van der Waals surface area contributed by atoms with E-state index in [9.17, 15) is 0 Å². The van der Waals surface area contributed by atoms with Crippen LogP contribution in [0, 0.1) is 11.8 Å². The molecule has 246 valence electrons. The minimum Gasteiger partial charge on any atom is -0.310 e. The third-order valence-electron chi connectivity index (χ3n) is 10.7. The van der Waals surface area contributed by atoms with Gasteiger partial charge in [-0.2, -0.15) is 0 Å². The van der Waals surface area contributed by atoms with Crippen molar-refractivity contribution in [2.75, 3.05) is 9.80 Å². The van der Waals surface area contributed by atoms with E-state index in [2.05, 4.69) is 216 Å². The third-order valence-corrected chi connectivity index (χ3v) is 10.7. The molecule has 0 aliphatic heterocycles. The molecule has 0 spiro atoms. The molecule has 0 bridgehead atoms. The average Bonchev–Trinajstić information content (AvgIpc) is 3.20. The molecule has 0 saturated heterocycles. The molecular weight excluding hydrogens is 629 g/mol. The van der Waals surface area contributed by atoms with Gasteiger partial charge in [0.1, 0.15) is 0 Å². The topological polar surface area (TPSA) is 6.48 Å². The summed E-state index contributed by atoms with van der Waals surface area (Å²) in [5.41, 5.74) is 17.3. The molecule has 0 amide bonds. The van der Waals surface area contributed by atoms with Gasteiger partial charge in [-0.1, -0.05) is 134 Å². The second kappa shape index (κ2) is 12.6. The van der Waals surface area contributed by atoms with Crippen molar-refractivity contribution >= 4 is 22.7 Å². The Morgan fingerprint density at radius 1 is 0.308 bits per heavy atom. The smallest absolute Gasteiger partial charge is 0.0467 e. The lowest BCUT2D eigenvalue weighted by atomic mass is 9.75. The molecule has 2 atom stereocenters. The number of para-hydroxylation sites is 2. The van der Waals surface area contributed by atoms with Crippen molar-refractivity contribution in [2.45, 2.75) is 0 Å². The first-order valence-corrected chi connectivity index (χ1v) is 18.1. The van der Waals surface area contributed by atoms with Crippen molar-refractivity contribution in [2.24, 2.45) is 11.8 Å². The molecule has 2 nitrogen and oxygen atoms in total. The highest BCUT2D eigenvalue weighted by atomic mass is 15.2. The van der Waals surface area contributed by atoms with E-state index in [4.69, 9.17) is 0 Å². The molecule has 0 N–H and O–H groups in total. The fourth-order valence-corrected chi connectivity index (χ4v) is 8.32. The van der Waals surface area contributed by atoms with Crippen molar-refractivity contribution in [1.29, 1.82) is 0 Å². The Balaban J connectivity index is 0.980. The zero-order valence-electron chi connectivity index (χ0n) is 28.7. The third kappa shape index (κ3) is 5.28. The Kier molecular flexibility index (Phi) is 7.32. The van der Waals surface area contributed by atoms with Gasteiger partial charge in [-0.3, -0.25) is 0 Å². The van der Waals surface area contributed by atoms with Gasteiger partial charge in [-0.15, -0.1) is 0 Å². The van der Waals surface area contributed by atoms with Gasteiger partial charge in [0.2, 0.25) is 0 Å². The first-order chi connectivity index (χ1) is 25.8. The summed E-state index contributed by atoms with van der Waals surface area (Å²) in [4.78, 5) is 4.74. The Labute approximate surface area is 305 Å². The summed E-state index contributed by atoms with van der Waals surface area (Å²) in [7, 11) is 0. The quantitative estimate of drug-likeness (QED) is 0.194. The molecule has 0 heterocycles. The van der Waals surface area contributed by atoms with Crippen molar-refractivity contribution < 1.29 is 0 Å². The lowest BCUT2D eigenvalue weighted by Crippen LogP contribution is -2.22. The fourth-order valence-electron chi connectivity index (χ4n) is 8.32. The highest BCUT2D eigenvalue weighted by Gasteiger charge is 2.30. The van der Waals surface area contributed by atoms with Crippen LogP contribution in [0.25, 0.3) is 11.1 Å². The Morgan fingerprint density at radius 3 is 1.06 bits per heavy atom. The standard InChI is InChI=1S/C50H36N2/c1-3-19-43(20-4-1)51(47-31-39-15-7-11-37-12-8-16-40(32-47)49(37)39)45-27-23-35(24-28-45)36-25-29-46(30-26-36)52(44-21-5-2-6-22-44)48-33-41-17-9-13-38-14-10-18-42(34-48)50(38)41/h1-34,49-50H. The largest absolute Gasteiger partial charge is 0.310 e. The molecule has 6 aliphatic carbocycles. The zero-order valence-corrected chi connectivity index (χ0v) is 28.7. The molecule has 0 fully saturated rings. The van der Waals surface area contributed by atoms with Gasteiger partial charge in [0.25, 0.3) is 0 Å². The van der Waals surface area contributed by atoms with Crippen LogP contribution in [0.1, 0.15) is 0 Å². The molecule has 0 saturated carbocycles. The van der Waals surface area contributed by atoms with E-state index in [0.717, 1.165) is 34.1 Å². The van der Waals surface area contributed by atoms with Crippen LogP contribution in [0.3, 0.4) is 0 Å². The van der Waals surface area contributed by atoms with Gasteiger partial charge >= 0.3 is 0 Å². The Morgan fingerprint density at radius 2 is 0.654 bits per heavy atom. The molecule has 4 aromatic carbocycles. The molecule has 2 unspecified atom stereocenters. The van der Waals surface area contributed by atoms with Crippen molar-refractivity contribution in [1.82, 2.24) is 0 Å². The van der Waals surface area contributed by atoms with E-state index in [1.165, 1.54) is 44.6 Å². The predicted octanol–water partition coefficient (Wildman–Crippen LogP) is 12.5. The van der Waals surface area contributed by atoms with Gasteiger partial charge < -0.3 is 9.80 Å². The van der Waals surface area contributed by atoms with Gasteiger partial charge in [-0.25, -0.2) is 0 Å². The molecular formula is C50H36N2. The minimum absolute atomic E-state index is 0.318. The predicted molar refractivity (Wildman–Crippen MR) is 217 cm³/mol. The second-order valence-electron chi connectivity index (χ2n) is 13.8. The van der Waals surface area contributed by atoms with E-state index in [1.807, 2.05) is 0 Å². The van der Waals surface area contributed by atoms with Crippen LogP contribution in [0.2, 0.25) is 0 Å². The van der Waals surface area contributed by atoms with Crippen LogP contribution in [0.5, 0.6) is 0 Å². The Bertz CT molecular complexity index is 2290. The monoisotopic (exact) mass is 664 g/mol. The van der Waals surface area contributed by atoms with Gasteiger partial charge in [0, 0.05) is 46.0 Å². The normalized spacial score (nSPS) is 20.2. The molecule has 2 heteroatoms. The summed E-state index contributed by atoms with van der Waals surface area (Å²) >= 11 is 0. The fraction of sp³-hybridized carbons (Fsp3) is 0.0400. The minimum atomic E-state index is 0.318. The molecule has 0 radical (unpaired) electrons. The van der Waals surface area contributed by atoms with Crippen molar-refractivity contribution in [3.63, 3.8) is 0 Å². The summed E-state index contributed by atoms with van der Waals surface area (Å²) < 4.78 is 0. The van der Waals surface area contributed by atoms with Crippen LogP contribution in [0.15, 0.2) is 251 Å². The first kappa shape index (κ1) is 30.2. The van der Waals surface area contributed by atoms with E-state index in [1.54, 1.807) is 0 Å². The maximum atomic E-state index is 2.37. The highest BCUT2D eigenvalue weighted by Crippen LogP contribution is 2.45. The van der Waals surface area contributed by atoms with E-state index in [0.29, 0.717) is 11.8 Å². The number of hydrogen-bond donors (Lipinski definition) is 0. The highest BCUT2D eigenvalue weighted by molar-refractivity contribution is 5.78. The number of benzene rings is 4. The summed E-state index contributed by atoms with van der Waals surface area (Å²) in [5.74, 6) is 0.635. The van der Waals surface area contributed by atoms with Crippen LogP contribution in [-0.4, -0.2) is 0 Å². The van der Waals surface area contributed by atoms with Crippen LogP contribution >= 0.6 is 0 Å². The maximum absolute atomic E-state index is 2.37. The van der Waals surface area contributed by atoms with Gasteiger partial charge in [0.05, 0.1) is 0 Å². The first-order valence-electron chi connectivity index (χ1n) is 18.1. The molecule has 4 aromatic rings. The number of rotatable bonds is 7. The maximum Gasteiger partial charge on any atom is 0.0467 e. The summed E-state index contributed by atoms with van der Waals surface area (Å²) in [5, 5.41) is 0. The van der Waals surface area contributed by atoms with Crippen LogP contribution in [-0.2, 0) is 0 Å². The molecule has 0 aromatic heterocycles.